The Balaban J connectivity index is 2.69. The van der Waals surface area contributed by atoms with Crippen LogP contribution >= 0.6 is 15.9 Å². The summed E-state index contributed by atoms with van der Waals surface area (Å²) in [7, 11) is 0. The minimum absolute atomic E-state index is 0.533. The van der Waals surface area contributed by atoms with Crippen LogP contribution in [0, 0.1) is 6.92 Å². The van der Waals surface area contributed by atoms with E-state index in [9.17, 15) is 0 Å². The van der Waals surface area contributed by atoms with Gasteiger partial charge in [0.1, 0.15) is 12.4 Å². The normalized spacial score (nSPS) is 10.7. The smallest absolute Gasteiger partial charge is 0.231 e. The molecule has 13 heavy (non-hydrogen) atoms. The van der Waals surface area contributed by atoms with E-state index in [-0.39, 0.29) is 0 Å². The molecule has 0 aliphatic heterocycles. The van der Waals surface area contributed by atoms with Gasteiger partial charge in [-0.2, -0.15) is 4.98 Å². The molecule has 1 aromatic rings. The van der Waals surface area contributed by atoms with E-state index in [1.54, 1.807) is 6.20 Å². The molecule has 0 spiro atoms. The lowest BCUT2D eigenvalue weighted by atomic mass is 10.5. The summed E-state index contributed by atoms with van der Waals surface area (Å²) in [5, 5.41) is 0. The monoisotopic (exact) mass is 242 g/mol. The summed E-state index contributed by atoms with van der Waals surface area (Å²) in [5.74, 6) is 1.30. The summed E-state index contributed by atoms with van der Waals surface area (Å²) >= 11 is 3.31. The number of halogens is 1. The number of nitrogens with zero attached hydrogens (tertiary/aromatic N) is 2. The molecule has 70 valence electrons. The number of ether oxygens (including phenoxy) is 1. The van der Waals surface area contributed by atoms with E-state index in [2.05, 4.69) is 25.9 Å². The Hall–Kier alpha value is -0.900. The van der Waals surface area contributed by atoms with Crippen LogP contribution in [0.2, 0.25) is 0 Å². The maximum atomic E-state index is 5.37. The largest absolute Gasteiger partial charge is 0.473 e. The number of allylic oxidation sites excluding steroid dienone is 1. The average molecular weight is 243 g/mol. The molecule has 0 aromatic carbocycles. The third kappa shape index (κ3) is 3.14. The molecule has 1 aromatic heterocycles. The minimum atomic E-state index is 0.533. The van der Waals surface area contributed by atoms with Crippen LogP contribution in [0.5, 0.6) is 5.88 Å². The summed E-state index contributed by atoms with van der Waals surface area (Å²) in [6.07, 6.45) is 5.54. The van der Waals surface area contributed by atoms with Crippen LogP contribution in [-0.2, 0) is 0 Å². The number of hydrogen-bond donors (Lipinski definition) is 0. The number of hydrogen-bond acceptors (Lipinski definition) is 3. The molecule has 0 amide bonds. The predicted molar refractivity (Wildman–Crippen MR) is 54.8 cm³/mol. The SMILES string of the molecule is C/C=C/COc1nc(C)ncc1Br. The molecule has 0 radical (unpaired) electrons. The Morgan fingerprint density at radius 3 is 3.08 bits per heavy atom. The van der Waals surface area contributed by atoms with Gasteiger partial charge < -0.3 is 4.74 Å². The highest BCUT2D eigenvalue weighted by Crippen LogP contribution is 2.20. The highest BCUT2D eigenvalue weighted by atomic mass is 79.9. The third-order valence-corrected chi connectivity index (χ3v) is 1.93. The molecular weight excluding hydrogens is 232 g/mol. The van der Waals surface area contributed by atoms with Gasteiger partial charge in [0, 0.05) is 6.20 Å². The van der Waals surface area contributed by atoms with Crippen LogP contribution < -0.4 is 4.74 Å². The van der Waals surface area contributed by atoms with E-state index in [0.29, 0.717) is 18.3 Å². The fourth-order valence-corrected chi connectivity index (χ4v) is 1.06. The van der Waals surface area contributed by atoms with Crippen molar-refractivity contribution in [3.8, 4) is 5.88 Å². The first-order chi connectivity index (χ1) is 6.24. The van der Waals surface area contributed by atoms with Crippen molar-refractivity contribution >= 4 is 15.9 Å². The zero-order valence-corrected chi connectivity index (χ0v) is 9.21. The molecule has 0 N–H and O–H groups in total. The van der Waals surface area contributed by atoms with Crippen molar-refractivity contribution in [2.75, 3.05) is 6.61 Å². The van der Waals surface area contributed by atoms with Gasteiger partial charge in [0.25, 0.3) is 0 Å². The molecule has 0 unspecified atom stereocenters. The highest BCUT2D eigenvalue weighted by Gasteiger charge is 2.02. The molecule has 0 aliphatic rings. The lowest BCUT2D eigenvalue weighted by Crippen LogP contribution is -1.99. The van der Waals surface area contributed by atoms with Crippen molar-refractivity contribution in [1.29, 1.82) is 0 Å². The van der Waals surface area contributed by atoms with Crippen molar-refractivity contribution < 1.29 is 4.74 Å². The van der Waals surface area contributed by atoms with Gasteiger partial charge in [-0.05, 0) is 29.8 Å². The number of aryl methyl sites for hydroxylation is 1. The van der Waals surface area contributed by atoms with E-state index in [4.69, 9.17) is 4.74 Å². The standard InChI is InChI=1S/C9H11BrN2O/c1-3-4-5-13-9-8(10)6-11-7(2)12-9/h3-4,6H,5H2,1-2H3/b4-3+. The van der Waals surface area contributed by atoms with Crippen LogP contribution in [0.3, 0.4) is 0 Å². The Labute approximate surface area is 86.0 Å². The van der Waals surface area contributed by atoms with E-state index in [1.165, 1.54) is 0 Å². The van der Waals surface area contributed by atoms with Crippen LogP contribution in [0.15, 0.2) is 22.8 Å². The first kappa shape index (κ1) is 10.2. The first-order valence-corrected chi connectivity index (χ1v) is 4.76. The lowest BCUT2D eigenvalue weighted by Gasteiger charge is -2.04. The number of aromatic nitrogens is 2. The summed E-state index contributed by atoms with van der Waals surface area (Å²) < 4.78 is 6.15. The fourth-order valence-electron chi connectivity index (χ4n) is 0.759. The quantitative estimate of drug-likeness (QED) is 0.765. The zero-order chi connectivity index (χ0) is 9.68. The van der Waals surface area contributed by atoms with Crippen LogP contribution in [0.4, 0.5) is 0 Å². The maximum Gasteiger partial charge on any atom is 0.231 e. The van der Waals surface area contributed by atoms with Gasteiger partial charge in [0.05, 0.1) is 4.47 Å². The predicted octanol–water partition coefficient (Wildman–Crippen LogP) is 2.50. The van der Waals surface area contributed by atoms with E-state index in [0.717, 1.165) is 4.47 Å². The highest BCUT2D eigenvalue weighted by molar-refractivity contribution is 9.10. The molecule has 0 saturated carbocycles. The molecule has 0 atom stereocenters. The topological polar surface area (TPSA) is 35.0 Å². The molecular formula is C9H11BrN2O. The van der Waals surface area contributed by atoms with Crippen molar-refractivity contribution in [3.63, 3.8) is 0 Å². The minimum Gasteiger partial charge on any atom is -0.473 e. The second-order valence-electron chi connectivity index (χ2n) is 2.45. The molecule has 1 rings (SSSR count). The molecule has 4 heteroatoms. The van der Waals surface area contributed by atoms with Gasteiger partial charge in [-0.15, -0.1) is 0 Å². The van der Waals surface area contributed by atoms with E-state index in [1.807, 2.05) is 26.0 Å². The summed E-state index contributed by atoms with van der Waals surface area (Å²) in [4.78, 5) is 8.14. The Kier molecular flexibility index (Phi) is 3.89. The maximum absolute atomic E-state index is 5.37. The second kappa shape index (κ2) is 4.97. The van der Waals surface area contributed by atoms with E-state index < -0.39 is 0 Å². The van der Waals surface area contributed by atoms with Gasteiger partial charge in [-0.3, -0.25) is 0 Å². The summed E-state index contributed by atoms with van der Waals surface area (Å²) in [6, 6.07) is 0. The molecule has 1 heterocycles. The van der Waals surface area contributed by atoms with Crippen molar-refractivity contribution in [2.24, 2.45) is 0 Å². The Bertz CT molecular complexity index is 312. The Morgan fingerprint density at radius 1 is 1.62 bits per heavy atom. The van der Waals surface area contributed by atoms with Crippen molar-refractivity contribution in [1.82, 2.24) is 9.97 Å². The van der Waals surface area contributed by atoms with Crippen molar-refractivity contribution in [2.45, 2.75) is 13.8 Å². The van der Waals surface area contributed by atoms with Gasteiger partial charge in [0.15, 0.2) is 0 Å². The molecule has 0 aliphatic carbocycles. The number of rotatable bonds is 3. The van der Waals surface area contributed by atoms with Gasteiger partial charge in [0.2, 0.25) is 5.88 Å². The van der Waals surface area contributed by atoms with E-state index >= 15 is 0 Å². The van der Waals surface area contributed by atoms with Crippen LogP contribution in [0.1, 0.15) is 12.7 Å². The fraction of sp³-hybridized carbons (Fsp3) is 0.333. The second-order valence-corrected chi connectivity index (χ2v) is 3.30. The summed E-state index contributed by atoms with van der Waals surface area (Å²) in [5.41, 5.74) is 0. The van der Waals surface area contributed by atoms with Crippen LogP contribution in [-0.4, -0.2) is 16.6 Å². The summed E-state index contributed by atoms with van der Waals surface area (Å²) in [6.45, 7) is 4.31. The zero-order valence-electron chi connectivity index (χ0n) is 7.62. The molecule has 0 saturated heterocycles. The lowest BCUT2D eigenvalue weighted by molar-refractivity contribution is 0.344. The van der Waals surface area contributed by atoms with Gasteiger partial charge in [-0.1, -0.05) is 12.2 Å². The van der Waals surface area contributed by atoms with Gasteiger partial charge in [-0.25, -0.2) is 4.98 Å². The first-order valence-electron chi connectivity index (χ1n) is 3.97. The molecule has 3 nitrogen and oxygen atoms in total. The van der Waals surface area contributed by atoms with Crippen molar-refractivity contribution in [3.05, 3.63) is 28.6 Å². The van der Waals surface area contributed by atoms with Gasteiger partial charge >= 0.3 is 0 Å². The van der Waals surface area contributed by atoms with Crippen LogP contribution in [0.25, 0.3) is 0 Å². The average Bonchev–Trinajstić information content (AvgIpc) is 2.11. The molecule has 0 bridgehead atoms. The third-order valence-electron chi connectivity index (χ3n) is 1.38. The Morgan fingerprint density at radius 2 is 2.38 bits per heavy atom. The molecule has 0 fully saturated rings.